The molecular formula is C15H20F3NS. The molecule has 0 aromatic heterocycles. The third-order valence-corrected chi connectivity index (χ3v) is 5.02. The maximum absolute atomic E-state index is 12.4. The van der Waals surface area contributed by atoms with Crippen molar-refractivity contribution in [2.75, 3.05) is 6.26 Å². The summed E-state index contributed by atoms with van der Waals surface area (Å²) in [5.74, 6) is 0. The molecule has 1 aliphatic rings. The Hall–Kier alpha value is -0.680. The van der Waals surface area contributed by atoms with Crippen LogP contribution in [0.15, 0.2) is 24.3 Å². The fraction of sp³-hybridized carbons (Fsp3) is 0.600. The van der Waals surface area contributed by atoms with Crippen molar-refractivity contribution in [3.05, 3.63) is 35.4 Å². The number of benzene rings is 1. The highest BCUT2D eigenvalue weighted by Crippen LogP contribution is 2.29. The number of nitrogens with one attached hydrogen (secondary N) is 1. The second kappa shape index (κ2) is 6.85. The Labute approximate surface area is 122 Å². The third kappa shape index (κ3) is 4.42. The maximum atomic E-state index is 12.4. The molecule has 1 saturated carbocycles. The Bertz CT molecular complexity index is 408. The van der Waals surface area contributed by atoms with Crippen molar-refractivity contribution in [1.82, 2.24) is 5.32 Å². The minimum atomic E-state index is -4.25. The van der Waals surface area contributed by atoms with Gasteiger partial charge in [0, 0.05) is 17.8 Å². The van der Waals surface area contributed by atoms with Crippen LogP contribution in [-0.2, 0) is 12.7 Å². The topological polar surface area (TPSA) is 12.0 Å². The van der Waals surface area contributed by atoms with Gasteiger partial charge >= 0.3 is 6.18 Å². The van der Waals surface area contributed by atoms with E-state index in [2.05, 4.69) is 11.6 Å². The zero-order chi connectivity index (χ0) is 14.6. The van der Waals surface area contributed by atoms with Gasteiger partial charge < -0.3 is 5.32 Å². The summed E-state index contributed by atoms with van der Waals surface area (Å²) in [6, 6.07) is 5.93. The van der Waals surface area contributed by atoms with E-state index in [1.54, 1.807) is 12.1 Å². The second-order valence-electron chi connectivity index (χ2n) is 5.28. The number of halogens is 3. The monoisotopic (exact) mass is 303 g/mol. The van der Waals surface area contributed by atoms with Crippen LogP contribution in [0.5, 0.6) is 0 Å². The summed E-state index contributed by atoms with van der Waals surface area (Å²) in [5, 5.41) is 4.23. The molecule has 0 bridgehead atoms. The minimum absolute atomic E-state index is 0.501. The molecule has 0 aliphatic heterocycles. The second-order valence-corrected chi connectivity index (χ2v) is 6.42. The molecule has 5 heteroatoms. The zero-order valence-electron chi connectivity index (χ0n) is 11.5. The third-order valence-electron chi connectivity index (χ3n) is 3.88. The molecule has 1 aliphatic carbocycles. The van der Waals surface area contributed by atoms with E-state index in [-0.39, 0.29) is 0 Å². The average Bonchev–Trinajstić information content (AvgIpc) is 2.45. The predicted molar refractivity (Wildman–Crippen MR) is 77.8 cm³/mol. The molecule has 0 unspecified atom stereocenters. The van der Waals surface area contributed by atoms with Crippen LogP contribution in [0.25, 0.3) is 0 Å². The van der Waals surface area contributed by atoms with Gasteiger partial charge in [0.2, 0.25) is 0 Å². The zero-order valence-corrected chi connectivity index (χ0v) is 12.4. The molecular weight excluding hydrogens is 283 g/mol. The van der Waals surface area contributed by atoms with Gasteiger partial charge in [-0.25, -0.2) is 0 Å². The summed E-state index contributed by atoms with van der Waals surface area (Å²) >= 11 is 1.93. The van der Waals surface area contributed by atoms with Crippen LogP contribution in [0, 0.1) is 0 Å². The lowest BCUT2D eigenvalue weighted by molar-refractivity contribution is -0.137. The summed E-state index contributed by atoms with van der Waals surface area (Å²) in [7, 11) is 0. The van der Waals surface area contributed by atoms with Gasteiger partial charge in [0.05, 0.1) is 5.56 Å². The van der Waals surface area contributed by atoms with Crippen molar-refractivity contribution in [3.63, 3.8) is 0 Å². The molecule has 0 atom stereocenters. The fourth-order valence-corrected chi connectivity index (χ4v) is 3.32. The molecule has 0 saturated heterocycles. The van der Waals surface area contributed by atoms with E-state index < -0.39 is 11.7 Å². The van der Waals surface area contributed by atoms with Crippen molar-refractivity contribution in [1.29, 1.82) is 0 Å². The molecule has 1 aromatic carbocycles. The lowest BCUT2D eigenvalue weighted by atomic mass is 9.95. The summed E-state index contributed by atoms with van der Waals surface area (Å²) in [5.41, 5.74) is 0.326. The summed E-state index contributed by atoms with van der Waals surface area (Å²) in [6.07, 6.45) is 2.68. The van der Waals surface area contributed by atoms with Gasteiger partial charge in [-0.1, -0.05) is 12.1 Å². The van der Waals surface area contributed by atoms with E-state index >= 15 is 0 Å². The van der Waals surface area contributed by atoms with Crippen LogP contribution in [0.1, 0.15) is 36.8 Å². The molecule has 1 nitrogen and oxygen atoms in total. The Morgan fingerprint density at radius 3 is 2.20 bits per heavy atom. The lowest BCUT2D eigenvalue weighted by Crippen LogP contribution is -2.33. The highest BCUT2D eigenvalue weighted by atomic mass is 32.2. The molecule has 112 valence electrons. The first kappa shape index (κ1) is 15.7. The van der Waals surface area contributed by atoms with E-state index in [1.165, 1.54) is 12.8 Å². The van der Waals surface area contributed by atoms with Gasteiger partial charge in [0.1, 0.15) is 0 Å². The first-order valence-corrected chi connectivity index (χ1v) is 8.20. The molecule has 0 heterocycles. The van der Waals surface area contributed by atoms with Gasteiger partial charge in [-0.05, 0) is 49.6 Å². The number of rotatable bonds is 4. The number of hydrogen-bond acceptors (Lipinski definition) is 2. The van der Waals surface area contributed by atoms with Gasteiger partial charge in [-0.3, -0.25) is 0 Å². The number of hydrogen-bond donors (Lipinski definition) is 1. The Morgan fingerprint density at radius 2 is 1.70 bits per heavy atom. The smallest absolute Gasteiger partial charge is 0.310 e. The van der Waals surface area contributed by atoms with Crippen molar-refractivity contribution < 1.29 is 13.2 Å². The Balaban J connectivity index is 1.80. The summed E-state index contributed by atoms with van der Waals surface area (Å²) < 4.78 is 37.3. The summed E-state index contributed by atoms with van der Waals surface area (Å²) in [6.45, 7) is 0.646. The number of thioether (sulfide) groups is 1. The molecule has 1 aromatic rings. The first-order chi connectivity index (χ1) is 9.49. The van der Waals surface area contributed by atoms with E-state index in [0.717, 1.165) is 35.8 Å². The van der Waals surface area contributed by atoms with Gasteiger partial charge in [-0.15, -0.1) is 0 Å². The van der Waals surface area contributed by atoms with Crippen LogP contribution >= 0.6 is 11.8 Å². The Kier molecular flexibility index (Phi) is 5.38. The fourth-order valence-electron chi connectivity index (χ4n) is 2.58. The average molecular weight is 303 g/mol. The molecule has 20 heavy (non-hydrogen) atoms. The predicted octanol–water partition coefficient (Wildman–Crippen LogP) is 4.47. The van der Waals surface area contributed by atoms with Crippen LogP contribution in [-0.4, -0.2) is 17.5 Å². The van der Waals surface area contributed by atoms with Crippen LogP contribution < -0.4 is 5.32 Å². The molecule has 0 spiro atoms. The molecule has 1 fully saturated rings. The molecule has 0 radical (unpaired) electrons. The molecule has 1 N–H and O–H groups in total. The van der Waals surface area contributed by atoms with Crippen LogP contribution in [0.2, 0.25) is 0 Å². The summed E-state index contributed by atoms with van der Waals surface area (Å²) in [4.78, 5) is 0. The van der Waals surface area contributed by atoms with Crippen molar-refractivity contribution in [3.8, 4) is 0 Å². The quantitative estimate of drug-likeness (QED) is 0.881. The SMILES string of the molecule is CSC1CCC(NCc2ccc(C(F)(F)F)cc2)CC1. The van der Waals surface area contributed by atoms with Crippen molar-refractivity contribution in [2.24, 2.45) is 0 Å². The number of alkyl halides is 3. The van der Waals surface area contributed by atoms with Gasteiger partial charge in [-0.2, -0.15) is 24.9 Å². The van der Waals surface area contributed by atoms with Crippen LogP contribution in [0.3, 0.4) is 0 Å². The van der Waals surface area contributed by atoms with E-state index in [9.17, 15) is 13.2 Å². The van der Waals surface area contributed by atoms with E-state index in [4.69, 9.17) is 0 Å². The van der Waals surface area contributed by atoms with Crippen molar-refractivity contribution in [2.45, 2.75) is 49.7 Å². The maximum Gasteiger partial charge on any atom is 0.416 e. The molecule has 2 rings (SSSR count). The first-order valence-electron chi connectivity index (χ1n) is 6.91. The Morgan fingerprint density at radius 1 is 1.10 bits per heavy atom. The van der Waals surface area contributed by atoms with E-state index in [0.29, 0.717) is 12.6 Å². The lowest BCUT2D eigenvalue weighted by Gasteiger charge is -2.28. The normalized spacial score (nSPS) is 23.8. The van der Waals surface area contributed by atoms with Gasteiger partial charge in [0.15, 0.2) is 0 Å². The largest absolute Gasteiger partial charge is 0.416 e. The van der Waals surface area contributed by atoms with Crippen LogP contribution in [0.4, 0.5) is 13.2 Å². The standard InChI is InChI=1S/C15H20F3NS/c1-20-14-8-6-13(7-9-14)19-10-11-2-4-12(5-3-11)15(16,17)18/h2-5,13-14,19H,6-10H2,1H3. The van der Waals surface area contributed by atoms with E-state index in [1.807, 2.05) is 11.8 Å². The highest BCUT2D eigenvalue weighted by Gasteiger charge is 2.29. The highest BCUT2D eigenvalue weighted by molar-refractivity contribution is 7.99. The van der Waals surface area contributed by atoms with Crippen molar-refractivity contribution >= 4 is 11.8 Å². The van der Waals surface area contributed by atoms with Gasteiger partial charge in [0.25, 0.3) is 0 Å². The molecule has 0 amide bonds. The minimum Gasteiger partial charge on any atom is -0.310 e.